The highest BCUT2D eigenvalue weighted by Gasteiger charge is 2.37. The fourth-order valence-electron chi connectivity index (χ4n) is 2.86. The van der Waals surface area contributed by atoms with Gasteiger partial charge in [0.05, 0.1) is 11.3 Å². The van der Waals surface area contributed by atoms with E-state index >= 15 is 0 Å². The van der Waals surface area contributed by atoms with Crippen LogP contribution in [0.4, 0.5) is 20.2 Å². The number of imide groups is 1. The van der Waals surface area contributed by atoms with Crippen molar-refractivity contribution in [2.45, 2.75) is 0 Å². The van der Waals surface area contributed by atoms with E-state index in [0.717, 1.165) is 23.1 Å². The van der Waals surface area contributed by atoms with Crippen LogP contribution in [0.1, 0.15) is 31.2 Å². The molecule has 4 rings (SSSR count). The number of carbonyl (C=O) groups is 3. The van der Waals surface area contributed by atoms with Crippen LogP contribution in [-0.2, 0) is 0 Å². The molecule has 1 aliphatic heterocycles. The largest absolute Gasteiger partial charge is 0.322 e. The molecule has 0 aliphatic carbocycles. The van der Waals surface area contributed by atoms with Crippen molar-refractivity contribution in [3.05, 3.63) is 89.2 Å². The average Bonchev–Trinajstić information content (AvgIpc) is 2.95. The monoisotopic (exact) mass is 379 g/mol. The average molecular weight is 379 g/mol. The number of amides is 3. The first-order valence-corrected chi connectivity index (χ1v) is 8.16. The molecule has 2 aromatic carbocycles. The molecule has 6 nitrogen and oxygen atoms in total. The van der Waals surface area contributed by atoms with Crippen LogP contribution in [0.15, 0.2) is 60.8 Å². The fourth-order valence-corrected chi connectivity index (χ4v) is 2.86. The van der Waals surface area contributed by atoms with E-state index in [1.807, 2.05) is 0 Å². The van der Waals surface area contributed by atoms with Gasteiger partial charge in [-0.05, 0) is 48.5 Å². The normalized spacial score (nSPS) is 12.9. The molecule has 1 N–H and O–H groups in total. The summed E-state index contributed by atoms with van der Waals surface area (Å²) < 4.78 is 26.3. The van der Waals surface area contributed by atoms with Gasteiger partial charge in [-0.25, -0.2) is 13.7 Å². The Kier molecular flexibility index (Phi) is 4.15. The highest BCUT2D eigenvalue weighted by atomic mass is 19.2. The van der Waals surface area contributed by atoms with Gasteiger partial charge in [0.1, 0.15) is 5.69 Å². The summed E-state index contributed by atoms with van der Waals surface area (Å²) in [6.07, 6.45) is 1.42. The Hall–Kier alpha value is -3.94. The predicted molar refractivity (Wildman–Crippen MR) is 96.1 cm³/mol. The van der Waals surface area contributed by atoms with E-state index in [9.17, 15) is 23.2 Å². The molecule has 3 aromatic rings. The van der Waals surface area contributed by atoms with Gasteiger partial charge in [0, 0.05) is 17.4 Å². The molecular weight excluding hydrogens is 368 g/mol. The SMILES string of the molecule is O=C(Nc1cccc(N2C(=O)c3cccnc3C2=O)c1)c1ccc(F)c(F)c1. The number of aromatic nitrogens is 1. The number of carbonyl (C=O) groups excluding carboxylic acids is 3. The van der Waals surface area contributed by atoms with Crippen molar-refractivity contribution in [2.75, 3.05) is 10.2 Å². The third kappa shape index (κ3) is 2.90. The van der Waals surface area contributed by atoms with Gasteiger partial charge in [-0.15, -0.1) is 0 Å². The first-order chi connectivity index (χ1) is 13.5. The lowest BCUT2D eigenvalue weighted by Crippen LogP contribution is -2.29. The number of nitrogens with zero attached hydrogens (tertiary/aromatic N) is 2. The fraction of sp³-hybridized carbons (Fsp3) is 0. The zero-order chi connectivity index (χ0) is 19.8. The molecule has 0 saturated carbocycles. The number of pyridine rings is 1. The number of halogens is 2. The van der Waals surface area contributed by atoms with E-state index in [2.05, 4.69) is 10.3 Å². The van der Waals surface area contributed by atoms with Crippen molar-refractivity contribution in [3.8, 4) is 0 Å². The van der Waals surface area contributed by atoms with Gasteiger partial charge in [-0.3, -0.25) is 19.4 Å². The van der Waals surface area contributed by atoms with E-state index in [1.54, 1.807) is 12.1 Å². The van der Waals surface area contributed by atoms with Gasteiger partial charge in [-0.2, -0.15) is 0 Å². The molecule has 3 amide bonds. The predicted octanol–water partition coefficient (Wildman–Crippen LogP) is 3.41. The molecule has 0 unspecified atom stereocenters. The minimum atomic E-state index is -1.14. The van der Waals surface area contributed by atoms with Crippen LogP contribution in [0.25, 0.3) is 0 Å². The lowest BCUT2D eigenvalue weighted by molar-refractivity contribution is 0.0923. The van der Waals surface area contributed by atoms with Crippen molar-refractivity contribution >= 4 is 29.1 Å². The van der Waals surface area contributed by atoms with Gasteiger partial charge >= 0.3 is 0 Å². The molecule has 0 saturated heterocycles. The smallest absolute Gasteiger partial charge is 0.284 e. The number of nitrogens with one attached hydrogen (secondary N) is 1. The number of hydrogen-bond acceptors (Lipinski definition) is 4. The van der Waals surface area contributed by atoms with E-state index < -0.39 is 29.4 Å². The lowest BCUT2D eigenvalue weighted by Gasteiger charge is -2.15. The zero-order valence-corrected chi connectivity index (χ0v) is 14.1. The molecule has 0 bridgehead atoms. The summed E-state index contributed by atoms with van der Waals surface area (Å²) in [7, 11) is 0. The molecule has 28 heavy (non-hydrogen) atoms. The highest BCUT2D eigenvalue weighted by molar-refractivity contribution is 6.33. The summed E-state index contributed by atoms with van der Waals surface area (Å²) in [6, 6.07) is 11.9. The minimum Gasteiger partial charge on any atom is -0.322 e. The van der Waals surface area contributed by atoms with Crippen molar-refractivity contribution in [3.63, 3.8) is 0 Å². The standard InChI is InChI=1S/C20H11F2N3O3/c21-15-7-6-11(9-16(15)22)18(26)24-12-3-1-4-13(10-12)25-19(27)14-5-2-8-23-17(14)20(25)28/h1-10H,(H,24,26). The Morgan fingerprint density at radius 3 is 2.50 bits per heavy atom. The second-order valence-corrected chi connectivity index (χ2v) is 5.98. The lowest BCUT2D eigenvalue weighted by atomic mass is 10.2. The molecule has 0 atom stereocenters. The first-order valence-electron chi connectivity index (χ1n) is 8.16. The third-order valence-corrected chi connectivity index (χ3v) is 4.19. The molecule has 0 spiro atoms. The Bertz CT molecular complexity index is 1110. The van der Waals surface area contributed by atoms with Gasteiger partial charge in [0.15, 0.2) is 11.6 Å². The van der Waals surface area contributed by atoms with Crippen molar-refractivity contribution in [1.82, 2.24) is 4.98 Å². The summed E-state index contributed by atoms with van der Waals surface area (Å²) in [6.45, 7) is 0. The van der Waals surface area contributed by atoms with E-state index in [0.29, 0.717) is 0 Å². The molecule has 0 radical (unpaired) electrons. The van der Waals surface area contributed by atoms with E-state index in [1.165, 1.54) is 30.5 Å². The molecule has 2 heterocycles. The van der Waals surface area contributed by atoms with Crippen LogP contribution in [0.3, 0.4) is 0 Å². The Morgan fingerprint density at radius 2 is 1.75 bits per heavy atom. The summed E-state index contributed by atoms with van der Waals surface area (Å²) in [5.41, 5.74) is 0.703. The van der Waals surface area contributed by atoms with Crippen LogP contribution in [-0.4, -0.2) is 22.7 Å². The summed E-state index contributed by atoms with van der Waals surface area (Å²) in [5, 5.41) is 2.53. The topological polar surface area (TPSA) is 79.4 Å². The third-order valence-electron chi connectivity index (χ3n) is 4.19. The van der Waals surface area contributed by atoms with Crippen LogP contribution in [0.2, 0.25) is 0 Å². The maximum atomic E-state index is 13.3. The van der Waals surface area contributed by atoms with Crippen molar-refractivity contribution in [2.24, 2.45) is 0 Å². The van der Waals surface area contributed by atoms with Gasteiger partial charge in [-0.1, -0.05) is 6.07 Å². The molecule has 8 heteroatoms. The first kappa shape index (κ1) is 17.5. The number of rotatable bonds is 3. The zero-order valence-electron chi connectivity index (χ0n) is 14.1. The summed E-state index contributed by atoms with van der Waals surface area (Å²) >= 11 is 0. The van der Waals surface area contributed by atoms with E-state index in [4.69, 9.17) is 0 Å². The van der Waals surface area contributed by atoms with Crippen LogP contribution in [0, 0.1) is 11.6 Å². The molecule has 1 aromatic heterocycles. The summed E-state index contributed by atoms with van der Waals surface area (Å²) in [4.78, 5) is 42.2. The van der Waals surface area contributed by atoms with Crippen molar-refractivity contribution in [1.29, 1.82) is 0 Å². The number of hydrogen-bond donors (Lipinski definition) is 1. The molecule has 1 aliphatic rings. The van der Waals surface area contributed by atoms with Gasteiger partial charge in [0.25, 0.3) is 17.7 Å². The van der Waals surface area contributed by atoms with E-state index in [-0.39, 0.29) is 28.2 Å². The molecular formula is C20H11F2N3O3. The Morgan fingerprint density at radius 1 is 0.929 bits per heavy atom. The van der Waals surface area contributed by atoms with Crippen LogP contribution in [0.5, 0.6) is 0 Å². The highest BCUT2D eigenvalue weighted by Crippen LogP contribution is 2.28. The quantitative estimate of drug-likeness (QED) is 0.708. The number of anilines is 2. The second-order valence-electron chi connectivity index (χ2n) is 5.98. The van der Waals surface area contributed by atoms with Crippen LogP contribution < -0.4 is 10.2 Å². The maximum absolute atomic E-state index is 13.3. The number of fused-ring (bicyclic) bond motifs is 1. The van der Waals surface area contributed by atoms with Crippen molar-refractivity contribution < 1.29 is 23.2 Å². The van der Waals surface area contributed by atoms with Gasteiger partial charge < -0.3 is 5.32 Å². The molecule has 0 fully saturated rings. The van der Waals surface area contributed by atoms with Gasteiger partial charge in [0.2, 0.25) is 0 Å². The second kappa shape index (κ2) is 6.66. The summed E-state index contributed by atoms with van der Waals surface area (Å²) in [5.74, 6) is -3.94. The Balaban J connectivity index is 1.60. The molecule has 138 valence electrons. The number of benzene rings is 2. The minimum absolute atomic E-state index is 0.0590. The maximum Gasteiger partial charge on any atom is 0.284 e. The Labute approximate surface area is 157 Å². The van der Waals surface area contributed by atoms with Crippen LogP contribution >= 0.6 is 0 Å².